The number of rotatable bonds is 3. The van der Waals surface area contributed by atoms with Crippen LogP contribution in [-0.2, 0) is 11.2 Å². The zero-order valence-corrected chi connectivity index (χ0v) is 7.99. The summed E-state index contributed by atoms with van der Waals surface area (Å²) in [6.45, 7) is 5.17. The summed E-state index contributed by atoms with van der Waals surface area (Å²) >= 11 is 0. The molecule has 0 bridgehead atoms. The second-order valence-corrected chi connectivity index (χ2v) is 2.73. The first-order valence-electron chi connectivity index (χ1n) is 4.34. The lowest BCUT2D eigenvalue weighted by atomic mass is 10.1. The molecule has 0 aliphatic heterocycles. The van der Waals surface area contributed by atoms with Crippen molar-refractivity contribution in [2.45, 2.75) is 13.3 Å². The number of aromatic hydroxyl groups is 1. The topological polar surface area (TPSA) is 46.5 Å². The van der Waals surface area contributed by atoms with E-state index >= 15 is 0 Å². The van der Waals surface area contributed by atoms with Crippen LogP contribution in [0.3, 0.4) is 0 Å². The van der Waals surface area contributed by atoms with Crippen molar-refractivity contribution >= 4 is 5.97 Å². The average molecular weight is 192 g/mol. The highest BCUT2D eigenvalue weighted by Gasteiger charge is 2.08. The molecular weight excluding hydrogens is 180 g/mol. The number of phenols is 1. The quantitative estimate of drug-likeness (QED) is 0.453. The van der Waals surface area contributed by atoms with Gasteiger partial charge in [0, 0.05) is 11.6 Å². The molecule has 74 valence electrons. The van der Waals surface area contributed by atoms with Gasteiger partial charge >= 0.3 is 5.97 Å². The van der Waals surface area contributed by atoms with Crippen molar-refractivity contribution in [3.63, 3.8) is 0 Å². The standard InChI is InChI=1S/C11H12O3/c1-3-8-9(12)6-5-7-10(8)14-11(13)4-2/h4-7,12H,2-3H2,1H3. The van der Waals surface area contributed by atoms with Gasteiger partial charge in [-0.1, -0.05) is 19.6 Å². The van der Waals surface area contributed by atoms with Crippen molar-refractivity contribution in [2.75, 3.05) is 0 Å². The first-order chi connectivity index (χ1) is 6.69. The number of hydrogen-bond donors (Lipinski definition) is 1. The highest BCUT2D eigenvalue weighted by Crippen LogP contribution is 2.27. The van der Waals surface area contributed by atoms with E-state index in [0.29, 0.717) is 17.7 Å². The Morgan fingerprint density at radius 1 is 1.64 bits per heavy atom. The minimum atomic E-state index is -0.523. The van der Waals surface area contributed by atoms with Crippen molar-refractivity contribution in [2.24, 2.45) is 0 Å². The third-order valence-electron chi connectivity index (χ3n) is 1.84. The van der Waals surface area contributed by atoms with Crippen LogP contribution in [0.4, 0.5) is 0 Å². The van der Waals surface area contributed by atoms with Crippen molar-refractivity contribution in [1.29, 1.82) is 0 Å². The van der Waals surface area contributed by atoms with Crippen LogP contribution in [0.25, 0.3) is 0 Å². The normalized spacial score (nSPS) is 9.50. The minimum Gasteiger partial charge on any atom is -0.508 e. The predicted molar refractivity (Wildman–Crippen MR) is 53.3 cm³/mol. The molecule has 1 aromatic rings. The molecule has 3 nitrogen and oxygen atoms in total. The number of ether oxygens (including phenoxy) is 1. The Morgan fingerprint density at radius 3 is 2.93 bits per heavy atom. The summed E-state index contributed by atoms with van der Waals surface area (Å²) in [6, 6.07) is 4.82. The lowest BCUT2D eigenvalue weighted by Crippen LogP contribution is -2.05. The SMILES string of the molecule is C=CC(=O)Oc1cccc(O)c1CC. The van der Waals surface area contributed by atoms with Crippen LogP contribution in [0.2, 0.25) is 0 Å². The van der Waals surface area contributed by atoms with Crippen LogP contribution in [0.1, 0.15) is 12.5 Å². The maximum absolute atomic E-state index is 10.9. The zero-order chi connectivity index (χ0) is 10.6. The Labute approximate surface area is 82.6 Å². The van der Waals surface area contributed by atoms with E-state index in [4.69, 9.17) is 4.74 Å². The molecule has 0 unspecified atom stereocenters. The number of carbonyl (C=O) groups is 1. The van der Waals surface area contributed by atoms with E-state index in [9.17, 15) is 9.90 Å². The van der Waals surface area contributed by atoms with Crippen LogP contribution in [0.5, 0.6) is 11.5 Å². The second kappa shape index (κ2) is 4.46. The van der Waals surface area contributed by atoms with Crippen LogP contribution >= 0.6 is 0 Å². The Kier molecular flexibility index (Phi) is 3.29. The maximum atomic E-state index is 10.9. The van der Waals surface area contributed by atoms with E-state index in [1.165, 1.54) is 0 Å². The average Bonchev–Trinajstić information content (AvgIpc) is 2.18. The lowest BCUT2D eigenvalue weighted by Gasteiger charge is -2.08. The van der Waals surface area contributed by atoms with Gasteiger partial charge in [0.2, 0.25) is 0 Å². The van der Waals surface area contributed by atoms with Gasteiger partial charge in [0.05, 0.1) is 0 Å². The summed E-state index contributed by atoms with van der Waals surface area (Å²) in [6.07, 6.45) is 1.69. The highest BCUT2D eigenvalue weighted by molar-refractivity contribution is 5.83. The monoisotopic (exact) mass is 192 g/mol. The molecule has 3 heteroatoms. The molecule has 1 aromatic carbocycles. The molecule has 0 saturated heterocycles. The van der Waals surface area contributed by atoms with Crippen LogP contribution < -0.4 is 4.74 Å². The van der Waals surface area contributed by atoms with E-state index in [2.05, 4.69) is 6.58 Å². The molecule has 0 aromatic heterocycles. The molecule has 0 amide bonds. The van der Waals surface area contributed by atoms with Crippen LogP contribution in [0, 0.1) is 0 Å². The lowest BCUT2D eigenvalue weighted by molar-refractivity contribution is -0.129. The number of carbonyl (C=O) groups excluding carboxylic acids is 1. The van der Waals surface area contributed by atoms with E-state index < -0.39 is 5.97 Å². The fraction of sp³-hybridized carbons (Fsp3) is 0.182. The van der Waals surface area contributed by atoms with Crippen molar-refractivity contribution < 1.29 is 14.6 Å². The molecule has 14 heavy (non-hydrogen) atoms. The van der Waals surface area contributed by atoms with Crippen molar-refractivity contribution in [1.82, 2.24) is 0 Å². The number of phenolic OH excluding ortho intramolecular Hbond substituents is 1. The molecule has 0 fully saturated rings. The molecule has 0 spiro atoms. The largest absolute Gasteiger partial charge is 0.508 e. The molecular formula is C11H12O3. The molecule has 0 atom stereocenters. The Morgan fingerprint density at radius 2 is 2.36 bits per heavy atom. The second-order valence-electron chi connectivity index (χ2n) is 2.73. The Hall–Kier alpha value is -1.77. The Bertz CT molecular complexity index is 356. The van der Waals surface area contributed by atoms with E-state index in [1.54, 1.807) is 18.2 Å². The molecule has 0 radical (unpaired) electrons. The van der Waals surface area contributed by atoms with Crippen molar-refractivity contribution in [3.05, 3.63) is 36.4 Å². The Balaban J connectivity index is 3.01. The molecule has 1 N–H and O–H groups in total. The fourth-order valence-electron chi connectivity index (χ4n) is 1.16. The van der Waals surface area contributed by atoms with Crippen LogP contribution in [0.15, 0.2) is 30.9 Å². The summed E-state index contributed by atoms with van der Waals surface area (Å²) in [5.41, 5.74) is 0.628. The van der Waals surface area contributed by atoms with Gasteiger partial charge in [-0.2, -0.15) is 0 Å². The van der Waals surface area contributed by atoms with Gasteiger partial charge in [0.25, 0.3) is 0 Å². The third-order valence-corrected chi connectivity index (χ3v) is 1.84. The molecule has 0 heterocycles. The fourth-order valence-corrected chi connectivity index (χ4v) is 1.16. The summed E-state index contributed by atoms with van der Waals surface area (Å²) < 4.78 is 4.95. The molecule has 0 saturated carbocycles. The molecule has 0 aliphatic carbocycles. The van der Waals surface area contributed by atoms with Gasteiger partial charge < -0.3 is 9.84 Å². The minimum absolute atomic E-state index is 0.141. The zero-order valence-electron chi connectivity index (χ0n) is 7.99. The van der Waals surface area contributed by atoms with Gasteiger partial charge in [0.1, 0.15) is 11.5 Å². The van der Waals surface area contributed by atoms with Gasteiger partial charge in [-0.25, -0.2) is 4.79 Å². The predicted octanol–water partition coefficient (Wildman–Crippen LogP) is 2.05. The summed E-state index contributed by atoms with van der Waals surface area (Å²) in [4.78, 5) is 10.9. The molecule has 0 aliphatic rings. The third kappa shape index (κ3) is 2.13. The van der Waals surface area contributed by atoms with E-state index in [1.807, 2.05) is 6.92 Å². The van der Waals surface area contributed by atoms with Gasteiger partial charge in [-0.3, -0.25) is 0 Å². The van der Waals surface area contributed by atoms with Crippen LogP contribution in [-0.4, -0.2) is 11.1 Å². The van der Waals surface area contributed by atoms with Crippen molar-refractivity contribution in [3.8, 4) is 11.5 Å². The number of benzene rings is 1. The summed E-state index contributed by atoms with van der Waals surface area (Å²) in [5, 5.41) is 9.46. The van der Waals surface area contributed by atoms with Gasteiger partial charge in [-0.15, -0.1) is 0 Å². The maximum Gasteiger partial charge on any atom is 0.335 e. The molecule has 1 rings (SSSR count). The number of hydrogen-bond acceptors (Lipinski definition) is 3. The first-order valence-corrected chi connectivity index (χ1v) is 4.34. The van der Waals surface area contributed by atoms with Gasteiger partial charge in [0.15, 0.2) is 0 Å². The summed E-state index contributed by atoms with van der Waals surface area (Å²) in [5.74, 6) is 0.00422. The van der Waals surface area contributed by atoms with E-state index in [-0.39, 0.29) is 5.75 Å². The van der Waals surface area contributed by atoms with Gasteiger partial charge in [-0.05, 0) is 18.6 Å². The highest BCUT2D eigenvalue weighted by atomic mass is 16.5. The first kappa shape index (κ1) is 10.3. The smallest absolute Gasteiger partial charge is 0.335 e. The van der Waals surface area contributed by atoms with E-state index in [0.717, 1.165) is 6.08 Å². The number of esters is 1. The summed E-state index contributed by atoms with van der Waals surface area (Å²) in [7, 11) is 0.